The lowest BCUT2D eigenvalue weighted by Gasteiger charge is -2.56. The maximum absolute atomic E-state index is 13.9. The van der Waals surface area contributed by atoms with E-state index in [2.05, 4.69) is 90.9 Å². The van der Waals surface area contributed by atoms with Gasteiger partial charge in [0.1, 0.15) is 5.54 Å². The number of carbonyl (C=O) groups is 1. The smallest absolute Gasteiger partial charge is 0.242 e. The molecule has 1 saturated carbocycles. The Morgan fingerprint density at radius 2 is 1.94 bits per heavy atom. The minimum Gasteiger partial charge on any atom is -0.350 e. The van der Waals surface area contributed by atoms with Crippen LogP contribution in [0.2, 0.25) is 0 Å². The van der Waals surface area contributed by atoms with Crippen LogP contribution in [0.25, 0.3) is 0 Å². The van der Waals surface area contributed by atoms with Crippen molar-refractivity contribution in [2.45, 2.75) is 51.7 Å². The second-order valence-corrected chi connectivity index (χ2v) is 10.8. The predicted octanol–water partition coefficient (Wildman–Crippen LogP) is 3.79. The van der Waals surface area contributed by atoms with Crippen molar-refractivity contribution in [2.24, 2.45) is 23.7 Å². The first-order chi connectivity index (χ1) is 15.5. The molecular weight excluding hydrogens is 394 g/mol. The fourth-order valence-electron chi connectivity index (χ4n) is 6.89. The fourth-order valence-corrected chi connectivity index (χ4v) is 6.89. The van der Waals surface area contributed by atoms with E-state index >= 15 is 0 Å². The highest BCUT2D eigenvalue weighted by Crippen LogP contribution is 2.53. The average molecular weight is 432 g/mol. The van der Waals surface area contributed by atoms with Crippen LogP contribution in [0.3, 0.4) is 0 Å². The van der Waals surface area contributed by atoms with Gasteiger partial charge in [0.15, 0.2) is 0 Å². The summed E-state index contributed by atoms with van der Waals surface area (Å²) < 4.78 is 0. The number of carbonyl (C=O) groups excluding carboxylic acids is 1. The lowest BCUT2D eigenvalue weighted by molar-refractivity contribution is -0.138. The minimum absolute atomic E-state index is 0.205. The Bertz CT molecular complexity index is 958. The summed E-state index contributed by atoms with van der Waals surface area (Å²) in [5, 5.41) is 7.15. The summed E-state index contributed by atoms with van der Waals surface area (Å²) >= 11 is 0. The second kappa shape index (κ2) is 8.64. The van der Waals surface area contributed by atoms with E-state index in [4.69, 9.17) is 0 Å². The number of hydrogen-bond acceptors (Lipinski definition) is 3. The molecular formula is C28H37N3O. The van der Waals surface area contributed by atoms with Gasteiger partial charge in [-0.1, -0.05) is 74.0 Å². The Morgan fingerprint density at radius 3 is 2.69 bits per heavy atom. The van der Waals surface area contributed by atoms with Crippen molar-refractivity contribution in [3.8, 4) is 0 Å². The van der Waals surface area contributed by atoms with Crippen molar-refractivity contribution in [3.05, 3.63) is 71.3 Å². The quantitative estimate of drug-likeness (QED) is 0.701. The van der Waals surface area contributed by atoms with Crippen molar-refractivity contribution in [3.63, 3.8) is 0 Å². The molecule has 2 aromatic rings. The third-order valence-corrected chi connectivity index (χ3v) is 8.04. The summed E-state index contributed by atoms with van der Waals surface area (Å²) in [6.07, 6.45) is 2.22. The van der Waals surface area contributed by atoms with E-state index in [-0.39, 0.29) is 11.9 Å². The van der Waals surface area contributed by atoms with Crippen molar-refractivity contribution < 1.29 is 4.79 Å². The number of hydrogen-bond donors (Lipinski definition) is 2. The van der Waals surface area contributed by atoms with Crippen LogP contribution in [0.1, 0.15) is 37.0 Å². The molecule has 5 atom stereocenters. The number of nitrogens with zero attached hydrogens (tertiary/aromatic N) is 1. The summed E-state index contributed by atoms with van der Waals surface area (Å²) in [7, 11) is 0. The number of fused-ring (bicyclic) bond motifs is 1. The predicted molar refractivity (Wildman–Crippen MR) is 129 cm³/mol. The number of nitrogens with one attached hydrogen (secondary N) is 2. The Morgan fingerprint density at radius 1 is 1.16 bits per heavy atom. The van der Waals surface area contributed by atoms with E-state index in [1.165, 1.54) is 16.7 Å². The van der Waals surface area contributed by atoms with E-state index < -0.39 is 5.54 Å². The first kappa shape index (κ1) is 21.7. The van der Waals surface area contributed by atoms with Gasteiger partial charge in [-0.25, -0.2) is 0 Å². The van der Waals surface area contributed by atoms with Gasteiger partial charge < -0.3 is 10.6 Å². The highest BCUT2D eigenvalue weighted by atomic mass is 16.2. The average Bonchev–Trinajstić information content (AvgIpc) is 3.03. The van der Waals surface area contributed by atoms with Gasteiger partial charge in [-0.15, -0.1) is 0 Å². The molecule has 0 aromatic heterocycles. The third kappa shape index (κ3) is 3.78. The van der Waals surface area contributed by atoms with Gasteiger partial charge in [0.25, 0.3) is 0 Å². The molecule has 4 fully saturated rings. The maximum atomic E-state index is 13.9. The Hall–Kier alpha value is -2.17. The highest BCUT2D eigenvalue weighted by Gasteiger charge is 2.67. The number of rotatable bonds is 7. The topological polar surface area (TPSA) is 44.4 Å². The molecule has 1 aliphatic carbocycles. The summed E-state index contributed by atoms with van der Waals surface area (Å²) in [6.45, 7) is 10.4. The number of piperidine rings is 2. The van der Waals surface area contributed by atoms with Crippen molar-refractivity contribution in [1.29, 1.82) is 0 Å². The molecule has 0 radical (unpaired) electrons. The van der Waals surface area contributed by atoms with Crippen LogP contribution >= 0.6 is 0 Å². The van der Waals surface area contributed by atoms with E-state index in [9.17, 15) is 4.79 Å². The normalized spacial score (nSPS) is 31.2. The molecule has 32 heavy (non-hydrogen) atoms. The van der Waals surface area contributed by atoms with Gasteiger partial charge in [0.05, 0.1) is 0 Å². The molecule has 4 bridgehead atoms. The summed E-state index contributed by atoms with van der Waals surface area (Å²) in [5.41, 5.74) is 3.34. The Labute approximate surface area is 192 Å². The standard InChI is InChI=1S/C28H37N3O/c1-19(2)17-31-18-24-14-23-16-30-28(24,26(31)25(23)13-21-9-5-4-6-10-21)27(32)29-15-22-11-7-8-20(3)12-22/h4-12,19,23-26,30H,13-18H2,1-3H3,(H,29,32). The van der Waals surface area contributed by atoms with Crippen molar-refractivity contribution in [1.82, 2.24) is 15.5 Å². The molecule has 1 amide bonds. The molecule has 2 aromatic carbocycles. The number of likely N-dealkylation sites (tertiary alicyclic amines) is 1. The van der Waals surface area contributed by atoms with E-state index in [1.54, 1.807) is 0 Å². The van der Waals surface area contributed by atoms with Gasteiger partial charge in [0.2, 0.25) is 5.91 Å². The molecule has 4 heteroatoms. The van der Waals surface area contributed by atoms with Gasteiger partial charge in [-0.05, 0) is 55.2 Å². The van der Waals surface area contributed by atoms with Gasteiger partial charge in [-0.3, -0.25) is 9.69 Å². The SMILES string of the molecule is Cc1cccc(CNC(=O)C23NCC4CC2CN(CC(C)C)C3C4Cc2ccccc2)c1. The Balaban J connectivity index is 1.43. The molecule has 4 aliphatic rings. The summed E-state index contributed by atoms with van der Waals surface area (Å²) in [6, 6.07) is 19.6. The molecule has 2 N–H and O–H groups in total. The first-order valence-corrected chi connectivity index (χ1v) is 12.3. The Kier molecular flexibility index (Phi) is 5.85. The molecule has 4 nitrogen and oxygen atoms in total. The third-order valence-electron chi connectivity index (χ3n) is 8.04. The van der Waals surface area contributed by atoms with E-state index in [1.807, 2.05) is 0 Å². The van der Waals surface area contributed by atoms with Crippen LogP contribution in [0.4, 0.5) is 0 Å². The molecule has 3 saturated heterocycles. The van der Waals surface area contributed by atoms with E-state index in [0.29, 0.717) is 30.2 Å². The number of benzene rings is 2. The lowest BCUT2D eigenvalue weighted by atomic mass is 9.58. The van der Waals surface area contributed by atoms with Crippen LogP contribution < -0.4 is 10.6 Å². The van der Waals surface area contributed by atoms with E-state index in [0.717, 1.165) is 32.5 Å². The molecule has 170 valence electrons. The van der Waals surface area contributed by atoms with Crippen LogP contribution in [0, 0.1) is 30.6 Å². The largest absolute Gasteiger partial charge is 0.350 e. The van der Waals surface area contributed by atoms with Crippen LogP contribution in [0.15, 0.2) is 54.6 Å². The highest BCUT2D eigenvalue weighted by molar-refractivity contribution is 5.89. The molecule has 5 unspecified atom stereocenters. The van der Waals surface area contributed by atoms with Crippen molar-refractivity contribution >= 4 is 5.91 Å². The minimum atomic E-state index is -0.465. The van der Waals surface area contributed by atoms with Gasteiger partial charge in [0, 0.05) is 31.6 Å². The number of amides is 1. The molecule has 3 heterocycles. The molecule has 0 spiro atoms. The first-order valence-electron chi connectivity index (χ1n) is 12.3. The fraction of sp³-hybridized carbons (Fsp3) is 0.536. The maximum Gasteiger partial charge on any atom is 0.242 e. The molecule has 6 rings (SSSR count). The summed E-state index contributed by atoms with van der Waals surface area (Å²) in [5.74, 6) is 2.36. The molecule has 3 aliphatic heterocycles. The van der Waals surface area contributed by atoms with Crippen LogP contribution in [-0.4, -0.2) is 42.0 Å². The summed E-state index contributed by atoms with van der Waals surface area (Å²) in [4.78, 5) is 16.6. The zero-order valence-electron chi connectivity index (χ0n) is 19.7. The van der Waals surface area contributed by atoms with Gasteiger partial charge in [-0.2, -0.15) is 0 Å². The zero-order valence-corrected chi connectivity index (χ0v) is 19.7. The van der Waals surface area contributed by atoms with Gasteiger partial charge >= 0.3 is 0 Å². The number of aryl methyl sites for hydroxylation is 1. The van der Waals surface area contributed by atoms with Crippen LogP contribution in [-0.2, 0) is 17.8 Å². The van der Waals surface area contributed by atoms with Crippen molar-refractivity contribution in [2.75, 3.05) is 19.6 Å². The zero-order chi connectivity index (χ0) is 22.3. The lowest BCUT2D eigenvalue weighted by Crippen LogP contribution is -2.76. The van der Waals surface area contributed by atoms with Crippen LogP contribution in [0.5, 0.6) is 0 Å². The second-order valence-electron chi connectivity index (χ2n) is 10.8. The monoisotopic (exact) mass is 431 g/mol.